The third-order valence-electron chi connectivity index (χ3n) is 2.88. The number of nitrogens with zero attached hydrogens (tertiary/aromatic N) is 2. The molecule has 2 rings (SSSR count). The predicted molar refractivity (Wildman–Crippen MR) is 46.8 cm³/mol. The molecular weight excluding hydrogens is 166 g/mol. The van der Waals surface area contributed by atoms with Crippen LogP contribution in [-0.4, -0.2) is 36.0 Å². The fourth-order valence-electron chi connectivity index (χ4n) is 2.21. The van der Waals surface area contributed by atoms with Gasteiger partial charge in [-0.2, -0.15) is 5.26 Å². The maximum Gasteiger partial charge on any atom is 0.237 e. The number of hydrogen-bond donors (Lipinski definition) is 1. The van der Waals surface area contributed by atoms with Crippen LogP contribution in [-0.2, 0) is 4.79 Å². The molecule has 2 fully saturated rings. The number of nitrogens with one attached hydrogen (secondary N) is 1. The molecule has 4 heteroatoms. The van der Waals surface area contributed by atoms with Crippen LogP contribution in [0.4, 0.5) is 0 Å². The van der Waals surface area contributed by atoms with Crippen molar-refractivity contribution >= 4 is 5.91 Å². The summed E-state index contributed by atoms with van der Waals surface area (Å²) in [4.78, 5) is 13.5. The molecular formula is C9H13N3O. The Kier molecular flexibility index (Phi) is 2.19. The lowest BCUT2D eigenvalue weighted by Gasteiger charge is -2.41. The highest BCUT2D eigenvalue weighted by atomic mass is 16.2. The second kappa shape index (κ2) is 3.35. The molecule has 2 saturated heterocycles. The van der Waals surface area contributed by atoms with Gasteiger partial charge in [-0.3, -0.25) is 9.69 Å². The molecule has 70 valence electrons. The van der Waals surface area contributed by atoms with E-state index in [0.29, 0.717) is 6.54 Å². The topological polar surface area (TPSA) is 56.1 Å². The number of fused-ring (bicyclic) bond motifs is 1. The summed E-state index contributed by atoms with van der Waals surface area (Å²) in [5.41, 5.74) is 0. The number of amides is 1. The van der Waals surface area contributed by atoms with Gasteiger partial charge in [-0.25, -0.2) is 0 Å². The Labute approximate surface area is 77.5 Å². The van der Waals surface area contributed by atoms with Crippen LogP contribution in [0.5, 0.6) is 0 Å². The minimum atomic E-state index is -0.0372. The molecule has 13 heavy (non-hydrogen) atoms. The van der Waals surface area contributed by atoms with Gasteiger partial charge in [0.1, 0.15) is 0 Å². The molecule has 0 aromatic carbocycles. The summed E-state index contributed by atoms with van der Waals surface area (Å²) in [6.07, 6.45) is 2.82. The molecule has 0 spiro atoms. The van der Waals surface area contributed by atoms with E-state index in [0.717, 1.165) is 25.8 Å². The number of carbonyl (C=O) groups is 1. The van der Waals surface area contributed by atoms with E-state index in [2.05, 4.69) is 11.4 Å². The normalized spacial score (nSPS) is 34.5. The quantitative estimate of drug-likeness (QED) is 0.563. The van der Waals surface area contributed by atoms with Gasteiger partial charge in [0.25, 0.3) is 0 Å². The third kappa shape index (κ3) is 1.40. The van der Waals surface area contributed by atoms with E-state index in [1.807, 2.05) is 4.90 Å². The van der Waals surface area contributed by atoms with E-state index < -0.39 is 0 Å². The summed E-state index contributed by atoms with van der Waals surface area (Å²) in [6, 6.07) is 2.20. The highest BCUT2D eigenvalue weighted by Gasteiger charge is 2.36. The molecule has 2 heterocycles. The average Bonchev–Trinajstić information content (AvgIpc) is 2.18. The van der Waals surface area contributed by atoms with Crippen molar-refractivity contribution in [3.8, 4) is 6.07 Å². The number of piperidine rings is 1. The van der Waals surface area contributed by atoms with Crippen molar-refractivity contribution in [3.63, 3.8) is 0 Å². The maximum atomic E-state index is 11.4. The smallest absolute Gasteiger partial charge is 0.237 e. The van der Waals surface area contributed by atoms with Gasteiger partial charge in [0.05, 0.1) is 18.2 Å². The third-order valence-corrected chi connectivity index (χ3v) is 2.88. The van der Waals surface area contributed by atoms with E-state index in [1.165, 1.54) is 0 Å². The summed E-state index contributed by atoms with van der Waals surface area (Å²) in [5.74, 6) is 0.103. The van der Waals surface area contributed by atoms with E-state index in [4.69, 9.17) is 5.26 Å². The fourth-order valence-corrected chi connectivity index (χ4v) is 2.21. The Morgan fingerprint density at radius 3 is 3.15 bits per heavy atom. The van der Waals surface area contributed by atoms with E-state index in [1.54, 1.807) is 0 Å². The van der Waals surface area contributed by atoms with Crippen molar-refractivity contribution in [1.82, 2.24) is 10.2 Å². The Bertz CT molecular complexity index is 258. The van der Waals surface area contributed by atoms with E-state index in [9.17, 15) is 4.79 Å². The lowest BCUT2D eigenvalue weighted by Crippen LogP contribution is -2.59. The van der Waals surface area contributed by atoms with Crippen LogP contribution in [0, 0.1) is 11.3 Å². The lowest BCUT2D eigenvalue weighted by molar-refractivity contribution is -0.131. The second-order valence-electron chi connectivity index (χ2n) is 3.62. The van der Waals surface area contributed by atoms with E-state index >= 15 is 0 Å². The molecule has 2 aliphatic rings. The van der Waals surface area contributed by atoms with Crippen molar-refractivity contribution in [2.45, 2.75) is 31.3 Å². The average molecular weight is 179 g/mol. The molecule has 0 aromatic rings. The Morgan fingerprint density at radius 1 is 1.54 bits per heavy atom. The van der Waals surface area contributed by atoms with Gasteiger partial charge in [-0.1, -0.05) is 0 Å². The molecule has 0 unspecified atom stereocenters. The Hall–Kier alpha value is -1.08. The molecule has 0 aromatic heterocycles. The minimum Gasteiger partial charge on any atom is -0.353 e. The standard InChI is InChI=1S/C9H13N3O/c10-6-7-2-1-3-8-9(13)11-4-5-12(7)8/h7-8H,1-5H2,(H,11,13)/t7-,8-/m1/s1. The van der Waals surface area contributed by atoms with Crippen LogP contribution in [0.3, 0.4) is 0 Å². The van der Waals surface area contributed by atoms with Crippen LogP contribution in [0.1, 0.15) is 19.3 Å². The molecule has 2 aliphatic heterocycles. The zero-order chi connectivity index (χ0) is 9.26. The van der Waals surface area contributed by atoms with Crippen molar-refractivity contribution in [1.29, 1.82) is 5.26 Å². The van der Waals surface area contributed by atoms with Gasteiger partial charge < -0.3 is 5.32 Å². The number of hydrogen-bond acceptors (Lipinski definition) is 3. The molecule has 1 amide bonds. The molecule has 1 N–H and O–H groups in total. The van der Waals surface area contributed by atoms with Crippen molar-refractivity contribution in [2.75, 3.05) is 13.1 Å². The van der Waals surface area contributed by atoms with Gasteiger partial charge in [0, 0.05) is 13.1 Å². The van der Waals surface area contributed by atoms with Crippen LogP contribution in [0.2, 0.25) is 0 Å². The zero-order valence-electron chi connectivity index (χ0n) is 7.49. The monoisotopic (exact) mass is 179 g/mol. The summed E-state index contributed by atoms with van der Waals surface area (Å²) in [7, 11) is 0. The highest BCUT2D eigenvalue weighted by molar-refractivity contribution is 5.82. The number of nitriles is 1. The first-order chi connectivity index (χ1) is 6.33. The largest absolute Gasteiger partial charge is 0.353 e. The fraction of sp³-hybridized carbons (Fsp3) is 0.778. The van der Waals surface area contributed by atoms with Gasteiger partial charge in [-0.05, 0) is 19.3 Å². The molecule has 0 aliphatic carbocycles. The van der Waals surface area contributed by atoms with Gasteiger partial charge in [0.15, 0.2) is 0 Å². The molecule has 2 atom stereocenters. The Balaban J connectivity index is 2.14. The van der Waals surface area contributed by atoms with Gasteiger partial charge >= 0.3 is 0 Å². The number of carbonyl (C=O) groups excluding carboxylic acids is 1. The van der Waals surface area contributed by atoms with Crippen LogP contribution >= 0.6 is 0 Å². The summed E-state index contributed by atoms with van der Waals surface area (Å²) in [5, 5.41) is 11.7. The highest BCUT2D eigenvalue weighted by Crippen LogP contribution is 2.23. The van der Waals surface area contributed by atoms with E-state index in [-0.39, 0.29) is 18.0 Å². The second-order valence-corrected chi connectivity index (χ2v) is 3.62. The molecule has 4 nitrogen and oxygen atoms in total. The molecule has 0 bridgehead atoms. The van der Waals surface area contributed by atoms with Gasteiger partial charge in [0.2, 0.25) is 5.91 Å². The summed E-state index contributed by atoms with van der Waals surface area (Å²) >= 11 is 0. The van der Waals surface area contributed by atoms with Crippen molar-refractivity contribution in [3.05, 3.63) is 0 Å². The van der Waals surface area contributed by atoms with Crippen molar-refractivity contribution in [2.24, 2.45) is 0 Å². The maximum absolute atomic E-state index is 11.4. The van der Waals surface area contributed by atoms with Crippen LogP contribution in [0.25, 0.3) is 0 Å². The number of rotatable bonds is 0. The molecule has 0 radical (unpaired) electrons. The SMILES string of the molecule is N#C[C@H]1CCC[C@@H]2C(=O)NCCN21. The van der Waals surface area contributed by atoms with Gasteiger partial charge in [-0.15, -0.1) is 0 Å². The predicted octanol–water partition coefficient (Wildman–Crippen LogP) is -0.137. The van der Waals surface area contributed by atoms with Crippen LogP contribution in [0.15, 0.2) is 0 Å². The first-order valence-electron chi connectivity index (χ1n) is 4.76. The minimum absolute atomic E-state index is 0.0350. The first-order valence-corrected chi connectivity index (χ1v) is 4.76. The first kappa shape index (κ1) is 8.52. The lowest BCUT2D eigenvalue weighted by atomic mass is 9.94. The molecule has 0 saturated carbocycles. The number of piperazine rings is 1. The summed E-state index contributed by atoms with van der Waals surface area (Å²) < 4.78 is 0. The zero-order valence-corrected chi connectivity index (χ0v) is 7.49. The summed E-state index contributed by atoms with van der Waals surface area (Å²) in [6.45, 7) is 1.52. The Morgan fingerprint density at radius 2 is 2.38 bits per heavy atom. The van der Waals surface area contributed by atoms with Crippen molar-refractivity contribution < 1.29 is 4.79 Å². The van der Waals surface area contributed by atoms with Crippen LogP contribution < -0.4 is 5.32 Å².